The number of benzene rings is 1. The van der Waals surface area contributed by atoms with Gasteiger partial charge < -0.3 is 14.2 Å². The lowest BCUT2D eigenvalue weighted by atomic mass is 10.1. The smallest absolute Gasteiger partial charge is 0.232 e. The Labute approximate surface area is 133 Å². The van der Waals surface area contributed by atoms with E-state index in [1.807, 2.05) is 38.2 Å². The zero-order chi connectivity index (χ0) is 15.3. The number of nitrogens with zero attached hydrogens (tertiary/aromatic N) is 1. The maximum Gasteiger partial charge on any atom is 0.232 e. The lowest BCUT2D eigenvalue weighted by Crippen LogP contribution is -2.28. The summed E-state index contributed by atoms with van der Waals surface area (Å²) in [6.45, 7) is 2.85. The molecule has 112 valence electrons. The molecule has 22 heavy (non-hydrogen) atoms. The van der Waals surface area contributed by atoms with Crippen LogP contribution < -0.4 is 18.8 Å². The SMILES string of the molecule is CCOc1ccc2c3cc4c(cc(Cl)c-3[n+](C)c2c1)OCO4. The molecular weight excluding hydrogens is 302 g/mol. The molecule has 4 rings (SSSR count). The molecule has 0 spiro atoms. The van der Waals surface area contributed by atoms with E-state index >= 15 is 0 Å². The van der Waals surface area contributed by atoms with Crippen molar-refractivity contribution in [2.24, 2.45) is 7.05 Å². The fraction of sp³-hybridized carbons (Fsp3) is 0.235. The summed E-state index contributed by atoms with van der Waals surface area (Å²) in [5.74, 6) is 2.25. The van der Waals surface area contributed by atoms with Crippen LogP contribution in [0.4, 0.5) is 0 Å². The molecule has 2 aliphatic heterocycles. The minimum Gasteiger partial charge on any atom is -0.494 e. The van der Waals surface area contributed by atoms with Gasteiger partial charge in [0.1, 0.15) is 17.8 Å². The van der Waals surface area contributed by atoms with Gasteiger partial charge in [-0.15, -0.1) is 0 Å². The second-order valence-electron chi connectivity index (χ2n) is 5.20. The molecule has 1 aliphatic carbocycles. The summed E-state index contributed by atoms with van der Waals surface area (Å²) in [7, 11) is 2.00. The summed E-state index contributed by atoms with van der Waals surface area (Å²) < 4.78 is 18.6. The lowest BCUT2D eigenvalue weighted by Gasteiger charge is -2.00. The Balaban J connectivity index is 2.07. The van der Waals surface area contributed by atoms with Crippen LogP contribution in [0.25, 0.3) is 22.2 Å². The van der Waals surface area contributed by atoms with Gasteiger partial charge in [-0.25, -0.2) is 0 Å². The Morgan fingerprint density at radius 1 is 1.18 bits per heavy atom. The van der Waals surface area contributed by atoms with Gasteiger partial charge in [0.25, 0.3) is 0 Å². The molecule has 1 aromatic rings. The van der Waals surface area contributed by atoms with Crippen LogP contribution in [0.2, 0.25) is 5.02 Å². The fourth-order valence-corrected chi connectivity index (χ4v) is 3.30. The Morgan fingerprint density at radius 3 is 2.73 bits per heavy atom. The number of rotatable bonds is 2. The van der Waals surface area contributed by atoms with Crippen molar-refractivity contribution in [3.63, 3.8) is 0 Å². The molecule has 0 bridgehead atoms. The standard InChI is InChI=1S/C17H15ClNO3/c1-3-20-10-4-5-11-12-7-15-16(22-9-21-15)8-13(18)17(12)19(2)14(11)6-10/h4-8H,3,9H2,1-2H3/q+1. The molecule has 2 heterocycles. The molecule has 0 N–H and O–H groups in total. The summed E-state index contributed by atoms with van der Waals surface area (Å²) in [4.78, 5) is 0. The van der Waals surface area contributed by atoms with Crippen molar-refractivity contribution in [2.45, 2.75) is 6.92 Å². The average molecular weight is 317 g/mol. The second-order valence-corrected chi connectivity index (χ2v) is 5.61. The second kappa shape index (κ2) is 4.92. The van der Waals surface area contributed by atoms with Crippen LogP contribution in [-0.4, -0.2) is 13.4 Å². The predicted molar refractivity (Wildman–Crippen MR) is 84.0 cm³/mol. The number of ether oxygens (including phenoxy) is 3. The van der Waals surface area contributed by atoms with Crippen LogP contribution in [0.3, 0.4) is 0 Å². The molecule has 0 unspecified atom stereocenters. The van der Waals surface area contributed by atoms with Crippen LogP contribution in [-0.2, 0) is 7.05 Å². The first kappa shape index (κ1) is 13.5. The van der Waals surface area contributed by atoms with Gasteiger partial charge in [0.15, 0.2) is 11.5 Å². The highest BCUT2D eigenvalue weighted by atomic mass is 35.5. The molecule has 3 aliphatic rings. The van der Waals surface area contributed by atoms with Crippen molar-refractivity contribution >= 4 is 22.5 Å². The van der Waals surface area contributed by atoms with Gasteiger partial charge >= 0.3 is 0 Å². The first-order valence-corrected chi connectivity index (χ1v) is 7.54. The highest BCUT2D eigenvalue weighted by Gasteiger charge is 2.29. The minimum atomic E-state index is 0.233. The molecule has 0 amide bonds. The van der Waals surface area contributed by atoms with Gasteiger partial charge in [0.2, 0.25) is 18.0 Å². The van der Waals surface area contributed by atoms with E-state index in [9.17, 15) is 0 Å². The van der Waals surface area contributed by atoms with Crippen LogP contribution in [0.15, 0.2) is 30.3 Å². The van der Waals surface area contributed by atoms with Gasteiger partial charge in [-0.2, -0.15) is 4.57 Å². The third kappa shape index (κ3) is 1.87. The number of halogens is 1. The molecule has 0 saturated carbocycles. The van der Waals surface area contributed by atoms with E-state index in [-0.39, 0.29) is 6.79 Å². The van der Waals surface area contributed by atoms with Gasteiger partial charge in [0.05, 0.1) is 23.6 Å². The van der Waals surface area contributed by atoms with Crippen LogP contribution in [0.1, 0.15) is 6.92 Å². The van der Waals surface area contributed by atoms with Crippen molar-refractivity contribution < 1.29 is 18.8 Å². The molecule has 0 atom stereocenters. The topological polar surface area (TPSA) is 31.6 Å². The Hall–Kier alpha value is -2.20. The summed E-state index contributed by atoms with van der Waals surface area (Å²) >= 11 is 6.52. The van der Waals surface area contributed by atoms with Crippen LogP contribution >= 0.6 is 11.6 Å². The van der Waals surface area contributed by atoms with Gasteiger partial charge in [-0.1, -0.05) is 11.6 Å². The maximum atomic E-state index is 6.52. The largest absolute Gasteiger partial charge is 0.494 e. The third-order valence-electron chi connectivity index (χ3n) is 3.95. The number of fused-ring (bicyclic) bond motifs is 4. The Morgan fingerprint density at radius 2 is 1.95 bits per heavy atom. The predicted octanol–water partition coefficient (Wildman–Crippen LogP) is 3.55. The number of hydrogen-bond donors (Lipinski definition) is 0. The molecule has 0 aromatic heterocycles. The lowest BCUT2D eigenvalue weighted by molar-refractivity contribution is -0.631. The summed E-state index contributed by atoms with van der Waals surface area (Å²) in [5, 5.41) is 1.75. The summed E-state index contributed by atoms with van der Waals surface area (Å²) in [5.41, 5.74) is 3.06. The van der Waals surface area contributed by atoms with E-state index in [1.165, 1.54) is 0 Å². The molecule has 5 heteroatoms. The quantitative estimate of drug-likeness (QED) is 0.678. The normalized spacial score (nSPS) is 13.0. The van der Waals surface area contributed by atoms with Crippen molar-refractivity contribution in [3.8, 4) is 28.5 Å². The minimum absolute atomic E-state index is 0.233. The van der Waals surface area contributed by atoms with Gasteiger partial charge in [0, 0.05) is 6.07 Å². The molecule has 0 radical (unpaired) electrons. The first-order valence-electron chi connectivity index (χ1n) is 7.16. The van der Waals surface area contributed by atoms with E-state index in [1.54, 1.807) is 0 Å². The molecule has 1 aromatic carbocycles. The van der Waals surface area contributed by atoms with Crippen molar-refractivity contribution in [1.29, 1.82) is 0 Å². The number of aromatic nitrogens is 1. The zero-order valence-electron chi connectivity index (χ0n) is 12.4. The van der Waals surface area contributed by atoms with Crippen LogP contribution in [0, 0.1) is 0 Å². The summed E-state index contributed by atoms with van der Waals surface area (Å²) in [6.07, 6.45) is 0. The number of aryl methyl sites for hydroxylation is 1. The zero-order valence-corrected chi connectivity index (χ0v) is 13.1. The Bertz CT molecular complexity index is 863. The van der Waals surface area contributed by atoms with Gasteiger partial charge in [-0.05, 0) is 25.1 Å². The van der Waals surface area contributed by atoms with Crippen molar-refractivity contribution in [3.05, 3.63) is 35.4 Å². The number of hydrogen-bond acceptors (Lipinski definition) is 3. The fourth-order valence-electron chi connectivity index (χ4n) is 2.98. The first-order chi connectivity index (χ1) is 10.7. The monoisotopic (exact) mass is 316 g/mol. The van der Waals surface area contributed by atoms with E-state index < -0.39 is 0 Å². The van der Waals surface area contributed by atoms with E-state index in [2.05, 4.69) is 10.6 Å². The highest BCUT2D eigenvalue weighted by molar-refractivity contribution is 6.33. The molecule has 4 nitrogen and oxygen atoms in total. The van der Waals surface area contributed by atoms with Crippen molar-refractivity contribution in [2.75, 3.05) is 13.4 Å². The van der Waals surface area contributed by atoms with E-state index in [0.29, 0.717) is 17.4 Å². The average Bonchev–Trinajstić information content (AvgIpc) is 3.00. The van der Waals surface area contributed by atoms with Crippen LogP contribution in [0.5, 0.6) is 17.2 Å². The van der Waals surface area contributed by atoms with E-state index in [4.69, 9.17) is 25.8 Å². The van der Waals surface area contributed by atoms with E-state index in [0.717, 1.165) is 33.7 Å². The van der Waals surface area contributed by atoms with Gasteiger partial charge in [-0.3, -0.25) is 0 Å². The summed E-state index contributed by atoms with van der Waals surface area (Å²) in [6, 6.07) is 9.87. The molecule has 0 fully saturated rings. The highest BCUT2D eigenvalue weighted by Crippen LogP contribution is 2.42. The molecular formula is C17H15ClNO3+. The van der Waals surface area contributed by atoms with Crippen molar-refractivity contribution in [1.82, 2.24) is 0 Å². The third-order valence-corrected chi connectivity index (χ3v) is 4.24. The Kier molecular flexibility index (Phi) is 3.01. The molecule has 0 saturated heterocycles. The maximum absolute atomic E-state index is 6.52.